The van der Waals surface area contributed by atoms with Crippen LogP contribution < -0.4 is 0 Å². The summed E-state index contributed by atoms with van der Waals surface area (Å²) in [5.74, 6) is -0.251. The first-order valence-electron chi connectivity index (χ1n) is 6.79. The van der Waals surface area contributed by atoms with E-state index in [1.165, 1.54) is 12.1 Å². The summed E-state index contributed by atoms with van der Waals surface area (Å²) in [5.41, 5.74) is 1.50. The number of amides is 1. The van der Waals surface area contributed by atoms with E-state index >= 15 is 0 Å². The van der Waals surface area contributed by atoms with Crippen molar-refractivity contribution in [2.45, 2.75) is 0 Å². The van der Waals surface area contributed by atoms with Crippen molar-refractivity contribution >= 4 is 16.8 Å². The summed E-state index contributed by atoms with van der Waals surface area (Å²) in [6.45, 7) is 3.27. The minimum atomic E-state index is -0.276. The van der Waals surface area contributed by atoms with Crippen molar-refractivity contribution in [2.75, 3.05) is 33.2 Å². The van der Waals surface area contributed by atoms with E-state index in [1.54, 1.807) is 12.1 Å². The molecule has 1 fully saturated rings. The molecule has 0 atom stereocenters. The van der Waals surface area contributed by atoms with Gasteiger partial charge in [-0.1, -0.05) is 0 Å². The number of aromatic nitrogens is 1. The van der Waals surface area contributed by atoms with E-state index in [-0.39, 0.29) is 11.7 Å². The van der Waals surface area contributed by atoms with Crippen LogP contribution >= 0.6 is 0 Å². The molecule has 0 aliphatic carbocycles. The normalized spacial score (nSPS) is 16.9. The number of rotatable bonds is 1. The van der Waals surface area contributed by atoms with Crippen molar-refractivity contribution in [1.82, 2.24) is 14.4 Å². The Morgan fingerprint density at radius 2 is 1.80 bits per heavy atom. The average molecular weight is 275 g/mol. The van der Waals surface area contributed by atoms with Crippen molar-refractivity contribution in [3.63, 3.8) is 0 Å². The summed E-state index contributed by atoms with van der Waals surface area (Å²) in [4.78, 5) is 16.6. The van der Waals surface area contributed by atoms with Crippen LogP contribution in [0.2, 0.25) is 0 Å². The molecule has 0 saturated carbocycles. The zero-order valence-corrected chi connectivity index (χ0v) is 11.8. The van der Waals surface area contributed by atoms with E-state index in [0.717, 1.165) is 37.1 Å². The highest BCUT2D eigenvalue weighted by atomic mass is 19.1. The van der Waals surface area contributed by atoms with E-state index in [4.69, 9.17) is 0 Å². The lowest BCUT2D eigenvalue weighted by atomic mass is 10.2. The fraction of sp³-hybridized carbons (Fsp3) is 0.400. The summed E-state index contributed by atoms with van der Waals surface area (Å²) in [7, 11) is 3.91. The Balaban J connectivity index is 1.93. The second-order valence-electron chi connectivity index (χ2n) is 5.39. The van der Waals surface area contributed by atoms with E-state index < -0.39 is 0 Å². The SMILES string of the molecule is CN1CCN(C(=O)c2cc3cc(F)ccc3n2C)CC1. The number of carbonyl (C=O) groups excluding carboxylic acids is 1. The minimum absolute atomic E-state index is 0.0252. The Hall–Kier alpha value is -1.88. The lowest BCUT2D eigenvalue weighted by molar-refractivity contribution is 0.0655. The van der Waals surface area contributed by atoms with Crippen LogP contribution in [0.3, 0.4) is 0 Å². The fourth-order valence-electron chi connectivity index (χ4n) is 2.70. The number of hydrogen-bond acceptors (Lipinski definition) is 2. The van der Waals surface area contributed by atoms with Gasteiger partial charge in [0.1, 0.15) is 11.5 Å². The van der Waals surface area contributed by atoms with Crippen molar-refractivity contribution in [3.8, 4) is 0 Å². The summed E-state index contributed by atoms with van der Waals surface area (Å²) < 4.78 is 15.1. The van der Waals surface area contributed by atoms with Gasteiger partial charge in [0.05, 0.1) is 0 Å². The third-order valence-corrected chi connectivity index (χ3v) is 4.01. The molecule has 1 amide bonds. The van der Waals surface area contributed by atoms with Crippen LogP contribution in [0, 0.1) is 5.82 Å². The number of carbonyl (C=O) groups is 1. The minimum Gasteiger partial charge on any atom is -0.340 e. The monoisotopic (exact) mass is 275 g/mol. The summed E-state index contributed by atoms with van der Waals surface area (Å²) in [6, 6.07) is 6.38. The molecule has 0 radical (unpaired) electrons. The van der Waals surface area contributed by atoms with Crippen molar-refractivity contribution in [3.05, 3.63) is 35.8 Å². The van der Waals surface area contributed by atoms with Gasteiger partial charge in [-0.25, -0.2) is 4.39 Å². The Kier molecular flexibility index (Phi) is 3.22. The van der Waals surface area contributed by atoms with E-state index in [9.17, 15) is 9.18 Å². The molecule has 1 aliphatic heterocycles. The summed E-state index contributed by atoms with van der Waals surface area (Å²) in [5, 5.41) is 0.768. The zero-order valence-electron chi connectivity index (χ0n) is 11.8. The van der Waals surface area contributed by atoms with Gasteiger partial charge in [0.2, 0.25) is 0 Å². The number of benzene rings is 1. The molecule has 0 bridgehead atoms. The predicted molar refractivity (Wildman–Crippen MR) is 76.3 cm³/mol. The van der Waals surface area contributed by atoms with E-state index in [0.29, 0.717) is 5.69 Å². The first kappa shape index (κ1) is 13.1. The van der Waals surface area contributed by atoms with Crippen molar-refractivity contribution < 1.29 is 9.18 Å². The van der Waals surface area contributed by atoms with Gasteiger partial charge < -0.3 is 14.4 Å². The molecule has 3 rings (SSSR count). The van der Waals surface area contributed by atoms with Gasteiger partial charge in [-0.15, -0.1) is 0 Å². The third kappa shape index (κ3) is 2.18. The van der Waals surface area contributed by atoms with Crippen LogP contribution in [-0.4, -0.2) is 53.5 Å². The van der Waals surface area contributed by atoms with Gasteiger partial charge in [-0.2, -0.15) is 0 Å². The lowest BCUT2D eigenvalue weighted by Gasteiger charge is -2.32. The number of piperazine rings is 1. The molecule has 0 spiro atoms. The Morgan fingerprint density at radius 3 is 2.50 bits per heavy atom. The van der Waals surface area contributed by atoms with Crippen molar-refractivity contribution in [2.24, 2.45) is 7.05 Å². The number of nitrogens with zero attached hydrogens (tertiary/aromatic N) is 3. The zero-order chi connectivity index (χ0) is 14.3. The molecule has 4 nitrogen and oxygen atoms in total. The highest BCUT2D eigenvalue weighted by Crippen LogP contribution is 2.21. The first-order chi connectivity index (χ1) is 9.56. The number of hydrogen-bond donors (Lipinski definition) is 0. The first-order valence-corrected chi connectivity index (χ1v) is 6.79. The standard InChI is InChI=1S/C15H18FN3O/c1-17-5-7-19(8-6-17)15(20)14-10-11-9-12(16)3-4-13(11)18(14)2/h3-4,9-10H,5-8H2,1-2H3. The topological polar surface area (TPSA) is 28.5 Å². The van der Waals surface area contributed by atoms with Crippen LogP contribution in [0.25, 0.3) is 10.9 Å². The van der Waals surface area contributed by atoms with Gasteiger partial charge in [0.25, 0.3) is 5.91 Å². The number of likely N-dealkylation sites (N-methyl/N-ethyl adjacent to an activating group) is 1. The van der Waals surface area contributed by atoms with Crippen LogP contribution in [0.5, 0.6) is 0 Å². The molecule has 106 valence electrons. The van der Waals surface area contributed by atoms with Gasteiger partial charge >= 0.3 is 0 Å². The van der Waals surface area contributed by atoms with Gasteiger partial charge in [-0.05, 0) is 31.3 Å². The van der Waals surface area contributed by atoms with Gasteiger partial charge in [0, 0.05) is 44.1 Å². The maximum absolute atomic E-state index is 13.3. The van der Waals surface area contributed by atoms with E-state index in [1.807, 2.05) is 16.5 Å². The fourth-order valence-corrected chi connectivity index (χ4v) is 2.70. The van der Waals surface area contributed by atoms with Crippen LogP contribution in [-0.2, 0) is 7.05 Å². The molecule has 1 aliphatic rings. The summed E-state index contributed by atoms with van der Waals surface area (Å²) in [6.07, 6.45) is 0. The molecule has 1 aromatic heterocycles. The smallest absolute Gasteiger partial charge is 0.270 e. The quantitative estimate of drug-likeness (QED) is 0.792. The second kappa shape index (κ2) is 4.90. The molecule has 0 unspecified atom stereocenters. The lowest BCUT2D eigenvalue weighted by Crippen LogP contribution is -2.47. The Morgan fingerprint density at radius 1 is 1.10 bits per heavy atom. The van der Waals surface area contributed by atoms with Crippen LogP contribution in [0.4, 0.5) is 4.39 Å². The molecule has 20 heavy (non-hydrogen) atoms. The van der Waals surface area contributed by atoms with Gasteiger partial charge in [0.15, 0.2) is 0 Å². The number of halogens is 1. The molecule has 2 heterocycles. The van der Waals surface area contributed by atoms with Crippen molar-refractivity contribution in [1.29, 1.82) is 0 Å². The summed E-state index contributed by atoms with van der Waals surface area (Å²) >= 11 is 0. The largest absolute Gasteiger partial charge is 0.340 e. The highest BCUT2D eigenvalue weighted by molar-refractivity contribution is 5.98. The highest BCUT2D eigenvalue weighted by Gasteiger charge is 2.23. The number of fused-ring (bicyclic) bond motifs is 1. The Bertz CT molecular complexity index is 656. The predicted octanol–water partition coefficient (Wildman–Crippen LogP) is 1.70. The molecule has 5 heteroatoms. The maximum Gasteiger partial charge on any atom is 0.270 e. The second-order valence-corrected chi connectivity index (χ2v) is 5.39. The average Bonchev–Trinajstić information content (AvgIpc) is 2.75. The maximum atomic E-state index is 13.3. The van der Waals surface area contributed by atoms with Crippen LogP contribution in [0.15, 0.2) is 24.3 Å². The molecular weight excluding hydrogens is 257 g/mol. The van der Waals surface area contributed by atoms with E-state index in [2.05, 4.69) is 11.9 Å². The van der Waals surface area contributed by atoms with Crippen LogP contribution in [0.1, 0.15) is 10.5 Å². The molecule has 2 aromatic rings. The number of aryl methyl sites for hydroxylation is 1. The molecular formula is C15H18FN3O. The Labute approximate surface area is 117 Å². The van der Waals surface area contributed by atoms with Gasteiger partial charge in [-0.3, -0.25) is 4.79 Å². The molecule has 0 N–H and O–H groups in total. The third-order valence-electron chi connectivity index (χ3n) is 4.01. The molecule has 1 saturated heterocycles. The molecule has 1 aromatic carbocycles.